The second-order valence-electron chi connectivity index (χ2n) is 3.54. The van der Waals surface area contributed by atoms with Crippen molar-refractivity contribution >= 4 is 44.9 Å². The van der Waals surface area contributed by atoms with Crippen molar-refractivity contribution in [2.24, 2.45) is 0 Å². The van der Waals surface area contributed by atoms with Crippen molar-refractivity contribution in [2.45, 2.75) is 6.42 Å². The number of aromatic hydroxyl groups is 1. The monoisotopic (exact) mass is 327 g/mol. The molecule has 0 saturated carbocycles. The van der Waals surface area contributed by atoms with E-state index in [1.54, 1.807) is 0 Å². The van der Waals surface area contributed by atoms with Gasteiger partial charge in [0.2, 0.25) is 10.0 Å². The number of phenolic OH excluding ortho intramolecular Hbond substituents is 1. The van der Waals surface area contributed by atoms with Gasteiger partial charge < -0.3 is 9.84 Å². The molecule has 0 aliphatic rings. The van der Waals surface area contributed by atoms with E-state index in [-0.39, 0.29) is 27.9 Å². The summed E-state index contributed by atoms with van der Waals surface area (Å²) in [6.07, 6.45) is -0.272. The fraction of sp³-hybridized carbons (Fsp3) is 0.300. The molecule has 106 valence electrons. The minimum absolute atomic E-state index is 0.0850. The predicted molar refractivity (Wildman–Crippen MR) is 72.2 cm³/mol. The van der Waals surface area contributed by atoms with Gasteiger partial charge in [0, 0.05) is 0 Å². The first-order chi connectivity index (χ1) is 8.75. The van der Waals surface area contributed by atoms with Crippen molar-refractivity contribution in [1.82, 2.24) is 0 Å². The molecule has 0 atom stereocenters. The van der Waals surface area contributed by atoms with Gasteiger partial charge in [0.1, 0.15) is 0 Å². The molecule has 2 N–H and O–H groups in total. The molecule has 0 heterocycles. The summed E-state index contributed by atoms with van der Waals surface area (Å²) in [4.78, 5) is 10.9. The lowest BCUT2D eigenvalue weighted by Crippen LogP contribution is -2.19. The molecular formula is C10H11Cl2NO5S. The molecule has 0 aliphatic carbocycles. The number of hydrogen-bond donors (Lipinski definition) is 2. The van der Waals surface area contributed by atoms with Gasteiger partial charge in [-0.25, -0.2) is 8.42 Å². The van der Waals surface area contributed by atoms with Gasteiger partial charge in [-0.2, -0.15) is 0 Å². The molecule has 0 bridgehead atoms. The third kappa shape index (κ3) is 4.77. The molecule has 9 heteroatoms. The summed E-state index contributed by atoms with van der Waals surface area (Å²) in [6, 6.07) is 2.41. The molecule has 0 fully saturated rings. The Morgan fingerprint density at radius 2 is 1.89 bits per heavy atom. The normalized spacial score (nSPS) is 11.1. The zero-order valence-corrected chi connectivity index (χ0v) is 12.1. The highest BCUT2D eigenvalue weighted by molar-refractivity contribution is 7.92. The number of sulfonamides is 1. The second kappa shape index (κ2) is 6.31. The number of anilines is 1. The number of methoxy groups -OCH3 is 1. The lowest BCUT2D eigenvalue weighted by molar-refractivity contribution is -0.140. The average Bonchev–Trinajstić information content (AvgIpc) is 2.32. The summed E-state index contributed by atoms with van der Waals surface area (Å²) >= 11 is 11.3. The molecule has 0 saturated heterocycles. The number of phenols is 1. The maximum absolute atomic E-state index is 11.7. The number of carbonyl (C=O) groups excluding carboxylic acids is 1. The van der Waals surface area contributed by atoms with Crippen LogP contribution in [0, 0.1) is 0 Å². The van der Waals surface area contributed by atoms with Gasteiger partial charge in [-0.05, 0) is 12.1 Å². The summed E-state index contributed by atoms with van der Waals surface area (Å²) in [7, 11) is -2.57. The standard InChI is InChI=1S/C10H11Cl2NO5S/c1-18-9(14)2-3-19(16,17)13-6-4-7(11)10(15)8(12)5-6/h4-5,13,15H,2-3H2,1H3. The average molecular weight is 328 g/mol. The van der Waals surface area contributed by atoms with Gasteiger partial charge in [0.25, 0.3) is 0 Å². The van der Waals surface area contributed by atoms with E-state index in [2.05, 4.69) is 9.46 Å². The zero-order chi connectivity index (χ0) is 14.6. The van der Waals surface area contributed by atoms with E-state index in [1.807, 2.05) is 0 Å². The number of carbonyl (C=O) groups is 1. The molecule has 19 heavy (non-hydrogen) atoms. The summed E-state index contributed by atoms with van der Waals surface area (Å²) in [5.74, 6) is -1.40. The van der Waals surface area contributed by atoms with Crippen LogP contribution < -0.4 is 4.72 Å². The van der Waals surface area contributed by atoms with E-state index >= 15 is 0 Å². The van der Waals surface area contributed by atoms with Crippen LogP contribution in [-0.2, 0) is 19.6 Å². The highest BCUT2D eigenvalue weighted by Gasteiger charge is 2.15. The maximum atomic E-state index is 11.7. The molecule has 0 aliphatic heterocycles. The Bertz CT molecular complexity index is 565. The van der Waals surface area contributed by atoms with Crippen LogP contribution in [-0.4, -0.2) is 32.4 Å². The Morgan fingerprint density at radius 1 is 1.37 bits per heavy atom. The van der Waals surface area contributed by atoms with Crippen molar-refractivity contribution in [1.29, 1.82) is 0 Å². The minimum Gasteiger partial charge on any atom is -0.505 e. The van der Waals surface area contributed by atoms with Crippen LogP contribution in [0.15, 0.2) is 12.1 Å². The largest absolute Gasteiger partial charge is 0.505 e. The Labute approximate surface area is 120 Å². The second-order valence-corrected chi connectivity index (χ2v) is 6.19. The van der Waals surface area contributed by atoms with Crippen LogP contribution in [0.1, 0.15) is 6.42 Å². The van der Waals surface area contributed by atoms with Crippen molar-refractivity contribution < 1.29 is 23.1 Å². The third-order valence-electron chi connectivity index (χ3n) is 2.09. The van der Waals surface area contributed by atoms with Gasteiger partial charge in [-0.1, -0.05) is 23.2 Å². The Hall–Kier alpha value is -1.18. The molecule has 1 aromatic carbocycles. The Kier molecular flexibility index (Phi) is 5.28. The van der Waals surface area contributed by atoms with Gasteiger partial charge in [0.05, 0.1) is 35.0 Å². The van der Waals surface area contributed by atoms with Crippen LogP contribution in [0.3, 0.4) is 0 Å². The molecule has 6 nitrogen and oxygen atoms in total. The first-order valence-corrected chi connectivity index (χ1v) is 7.41. The van der Waals surface area contributed by atoms with Crippen molar-refractivity contribution in [3.05, 3.63) is 22.2 Å². The smallest absolute Gasteiger partial charge is 0.306 e. The van der Waals surface area contributed by atoms with Gasteiger partial charge in [-0.15, -0.1) is 0 Å². The molecule has 0 amide bonds. The van der Waals surface area contributed by atoms with Crippen molar-refractivity contribution in [3.63, 3.8) is 0 Å². The molecule has 0 spiro atoms. The number of halogens is 2. The van der Waals surface area contributed by atoms with Crippen LogP contribution in [0.25, 0.3) is 0 Å². The molecule has 0 unspecified atom stereocenters. The maximum Gasteiger partial charge on any atom is 0.306 e. The van der Waals surface area contributed by atoms with Gasteiger partial charge in [-0.3, -0.25) is 9.52 Å². The van der Waals surface area contributed by atoms with Crippen LogP contribution in [0.4, 0.5) is 5.69 Å². The van der Waals surface area contributed by atoms with E-state index < -0.39 is 21.7 Å². The first-order valence-electron chi connectivity index (χ1n) is 5.00. The van der Waals surface area contributed by atoms with Crippen LogP contribution in [0.5, 0.6) is 5.75 Å². The third-order valence-corrected chi connectivity index (χ3v) is 3.96. The Balaban J connectivity index is 2.81. The first kappa shape index (κ1) is 15.9. The van der Waals surface area contributed by atoms with Crippen LogP contribution >= 0.6 is 23.2 Å². The molecule has 0 aromatic heterocycles. The van der Waals surface area contributed by atoms with E-state index in [9.17, 15) is 18.3 Å². The fourth-order valence-electron chi connectivity index (χ4n) is 1.17. The van der Waals surface area contributed by atoms with E-state index in [4.69, 9.17) is 23.2 Å². The highest BCUT2D eigenvalue weighted by atomic mass is 35.5. The number of benzene rings is 1. The summed E-state index contributed by atoms with van der Waals surface area (Å²) in [6.45, 7) is 0. The summed E-state index contributed by atoms with van der Waals surface area (Å²) < 4.78 is 29.9. The predicted octanol–water partition coefficient (Wildman–Crippen LogP) is 2.00. The summed E-state index contributed by atoms with van der Waals surface area (Å²) in [5, 5.41) is 9.16. The molecular weight excluding hydrogens is 317 g/mol. The number of esters is 1. The number of hydrogen-bond acceptors (Lipinski definition) is 5. The SMILES string of the molecule is COC(=O)CCS(=O)(=O)Nc1cc(Cl)c(O)c(Cl)c1. The number of ether oxygens (including phenoxy) is 1. The zero-order valence-electron chi connectivity index (χ0n) is 9.81. The molecule has 1 aromatic rings. The van der Waals surface area contributed by atoms with Gasteiger partial charge in [0.15, 0.2) is 5.75 Å². The van der Waals surface area contributed by atoms with Crippen molar-refractivity contribution in [3.8, 4) is 5.75 Å². The molecule has 0 radical (unpaired) electrons. The number of rotatable bonds is 5. The highest BCUT2D eigenvalue weighted by Crippen LogP contribution is 2.34. The quantitative estimate of drug-likeness (QED) is 0.637. The lowest BCUT2D eigenvalue weighted by atomic mass is 10.3. The van der Waals surface area contributed by atoms with Gasteiger partial charge >= 0.3 is 5.97 Å². The van der Waals surface area contributed by atoms with Crippen molar-refractivity contribution in [2.75, 3.05) is 17.6 Å². The van der Waals surface area contributed by atoms with E-state index in [0.29, 0.717) is 0 Å². The van der Waals surface area contributed by atoms with E-state index in [0.717, 1.165) is 0 Å². The molecule has 1 rings (SSSR count). The lowest BCUT2D eigenvalue weighted by Gasteiger charge is -2.09. The number of nitrogens with one attached hydrogen (secondary N) is 1. The fourth-order valence-corrected chi connectivity index (χ4v) is 2.68. The Morgan fingerprint density at radius 3 is 2.37 bits per heavy atom. The van der Waals surface area contributed by atoms with Crippen LogP contribution in [0.2, 0.25) is 10.0 Å². The minimum atomic E-state index is -3.74. The van der Waals surface area contributed by atoms with E-state index in [1.165, 1.54) is 19.2 Å². The topological polar surface area (TPSA) is 92.7 Å². The summed E-state index contributed by atoms with van der Waals surface area (Å²) in [5.41, 5.74) is 0.0951.